The summed E-state index contributed by atoms with van der Waals surface area (Å²) in [5.41, 5.74) is 1.31. The molecule has 3 atom stereocenters. The highest BCUT2D eigenvalue weighted by atomic mass is 32.2. The molecule has 0 radical (unpaired) electrons. The summed E-state index contributed by atoms with van der Waals surface area (Å²) in [6, 6.07) is 16.2. The van der Waals surface area contributed by atoms with Crippen molar-refractivity contribution in [2.75, 3.05) is 18.6 Å². The van der Waals surface area contributed by atoms with Crippen LogP contribution >= 0.6 is 23.1 Å². The van der Waals surface area contributed by atoms with Crippen LogP contribution in [0.15, 0.2) is 64.4 Å². The van der Waals surface area contributed by atoms with Crippen LogP contribution in [0, 0.1) is 5.92 Å². The van der Waals surface area contributed by atoms with Crippen LogP contribution in [-0.2, 0) is 25.7 Å². The van der Waals surface area contributed by atoms with E-state index in [-0.39, 0.29) is 29.8 Å². The van der Waals surface area contributed by atoms with Crippen molar-refractivity contribution in [1.29, 1.82) is 0 Å². The monoisotopic (exact) mass is 510 g/mol. The number of thioether (sulfide) groups is 1. The molecule has 3 aromatic rings. The van der Waals surface area contributed by atoms with Gasteiger partial charge in [-0.05, 0) is 36.8 Å². The minimum Gasteiger partial charge on any atom is -0.497 e. The molecular formula is C25H22N2O6S2. The second-order valence-electron chi connectivity index (χ2n) is 8.09. The number of ether oxygens (including phenoxy) is 2. The Morgan fingerprint density at radius 1 is 1.00 bits per heavy atom. The first-order valence-electron chi connectivity index (χ1n) is 11.1. The van der Waals surface area contributed by atoms with Crippen LogP contribution in [0.4, 0.5) is 5.69 Å². The number of imide groups is 1. The van der Waals surface area contributed by atoms with Gasteiger partial charge in [0.1, 0.15) is 17.5 Å². The molecule has 180 valence electrons. The van der Waals surface area contributed by atoms with Gasteiger partial charge in [-0.15, -0.1) is 0 Å². The van der Waals surface area contributed by atoms with E-state index in [1.54, 1.807) is 38.3 Å². The summed E-state index contributed by atoms with van der Waals surface area (Å²) in [5, 5.41) is -0.189. The van der Waals surface area contributed by atoms with Gasteiger partial charge in [-0.25, -0.2) is 4.90 Å². The average molecular weight is 511 g/mol. The molecule has 10 heteroatoms. The van der Waals surface area contributed by atoms with Crippen LogP contribution < -0.4 is 14.5 Å². The van der Waals surface area contributed by atoms with Gasteiger partial charge < -0.3 is 9.47 Å². The maximum absolute atomic E-state index is 13.8. The number of hydrogen-bond acceptors (Lipinski definition) is 8. The summed E-state index contributed by atoms with van der Waals surface area (Å²) in [7, 11) is 1.55. The number of thiazole rings is 1. The van der Waals surface area contributed by atoms with Crippen LogP contribution in [0.5, 0.6) is 5.75 Å². The number of methoxy groups -OCH3 is 1. The smallest absolute Gasteiger partial charge is 0.326 e. The Kier molecular flexibility index (Phi) is 6.24. The van der Waals surface area contributed by atoms with Crippen LogP contribution in [0.1, 0.15) is 23.3 Å². The zero-order chi connectivity index (χ0) is 24.7. The molecule has 0 bridgehead atoms. The van der Waals surface area contributed by atoms with Crippen molar-refractivity contribution in [3.63, 3.8) is 0 Å². The summed E-state index contributed by atoms with van der Waals surface area (Å²) in [6.07, 6.45) is 0. The van der Waals surface area contributed by atoms with E-state index in [1.807, 2.05) is 30.3 Å². The van der Waals surface area contributed by atoms with Gasteiger partial charge >= 0.3 is 10.8 Å². The zero-order valence-electron chi connectivity index (χ0n) is 19.0. The molecule has 3 heterocycles. The van der Waals surface area contributed by atoms with E-state index in [4.69, 9.17) is 9.47 Å². The van der Waals surface area contributed by atoms with Crippen LogP contribution in [0.2, 0.25) is 0 Å². The number of hydrogen-bond donors (Lipinski definition) is 0. The predicted molar refractivity (Wildman–Crippen MR) is 132 cm³/mol. The second-order valence-corrected chi connectivity index (χ2v) is 10.2. The molecule has 2 aromatic carbocycles. The highest BCUT2D eigenvalue weighted by Gasteiger charge is 2.56. The van der Waals surface area contributed by atoms with Gasteiger partial charge in [0, 0.05) is 10.8 Å². The number of carbonyl (C=O) groups is 3. The molecule has 0 unspecified atom stereocenters. The van der Waals surface area contributed by atoms with Gasteiger partial charge in [0.25, 0.3) is 0 Å². The van der Waals surface area contributed by atoms with Crippen LogP contribution in [0.3, 0.4) is 0 Å². The molecule has 1 fully saturated rings. The average Bonchev–Trinajstić information content (AvgIpc) is 3.31. The Hall–Kier alpha value is -3.37. The van der Waals surface area contributed by atoms with E-state index in [1.165, 1.54) is 21.2 Å². The Morgan fingerprint density at radius 2 is 1.71 bits per heavy atom. The minimum atomic E-state index is -0.732. The fraction of sp³-hybridized carbons (Fsp3) is 0.280. The number of esters is 1. The van der Waals surface area contributed by atoms with Gasteiger partial charge in [-0.1, -0.05) is 53.4 Å². The van der Waals surface area contributed by atoms with Crippen molar-refractivity contribution in [3.05, 3.63) is 74.7 Å². The largest absolute Gasteiger partial charge is 0.497 e. The molecule has 0 spiro atoms. The summed E-state index contributed by atoms with van der Waals surface area (Å²) in [5.74, 6) is -1.73. The third-order valence-corrected chi connectivity index (χ3v) is 8.73. The quantitative estimate of drug-likeness (QED) is 0.371. The Morgan fingerprint density at radius 3 is 2.37 bits per heavy atom. The number of aromatic nitrogens is 1. The predicted octanol–water partition coefficient (Wildman–Crippen LogP) is 3.28. The molecule has 5 rings (SSSR count). The van der Waals surface area contributed by atoms with Crippen molar-refractivity contribution in [2.24, 2.45) is 5.92 Å². The molecule has 0 aliphatic carbocycles. The number of fused-ring (bicyclic) bond motifs is 2. The molecule has 2 amide bonds. The lowest BCUT2D eigenvalue weighted by atomic mass is 9.83. The third-order valence-electron chi connectivity index (χ3n) is 6.13. The van der Waals surface area contributed by atoms with Gasteiger partial charge in [0.15, 0.2) is 0 Å². The number of benzene rings is 2. The van der Waals surface area contributed by atoms with E-state index in [9.17, 15) is 19.2 Å². The van der Waals surface area contributed by atoms with Gasteiger partial charge in [-0.2, -0.15) is 0 Å². The Bertz CT molecular complexity index is 1350. The highest BCUT2D eigenvalue weighted by molar-refractivity contribution is 8.00. The minimum absolute atomic E-state index is 0.203. The number of amides is 2. The topological polar surface area (TPSA) is 94.9 Å². The fourth-order valence-electron chi connectivity index (χ4n) is 4.60. The lowest BCUT2D eigenvalue weighted by Crippen LogP contribution is -2.32. The third kappa shape index (κ3) is 3.96. The maximum atomic E-state index is 13.8. The van der Waals surface area contributed by atoms with Gasteiger partial charge in [0.05, 0.1) is 30.3 Å². The first-order valence-corrected chi connectivity index (χ1v) is 12.8. The maximum Gasteiger partial charge on any atom is 0.326 e. The van der Waals surface area contributed by atoms with Gasteiger partial charge in [-0.3, -0.25) is 23.7 Å². The number of nitrogens with zero attached hydrogens (tertiary/aromatic N) is 2. The van der Waals surface area contributed by atoms with Crippen LogP contribution in [-0.4, -0.2) is 41.3 Å². The lowest BCUT2D eigenvalue weighted by molar-refractivity contribution is -0.144. The second kappa shape index (κ2) is 9.35. The molecule has 0 saturated carbocycles. The molecule has 1 aromatic heterocycles. The van der Waals surface area contributed by atoms with E-state index < -0.39 is 23.1 Å². The molecule has 0 N–H and O–H groups in total. The summed E-state index contributed by atoms with van der Waals surface area (Å²) in [6.45, 7) is 1.66. The SMILES string of the molecule is CCOC(=O)Cn1c2c(sc1=O)[C@@H](c1ccccc1)[C@@H]1C(=O)N(c3ccc(OC)cc3)C(=O)[C@@H]1S2. The number of anilines is 1. The molecular weight excluding hydrogens is 488 g/mol. The van der Waals surface area contributed by atoms with E-state index in [2.05, 4.69) is 0 Å². The summed E-state index contributed by atoms with van der Waals surface area (Å²) in [4.78, 5) is 54.1. The van der Waals surface area contributed by atoms with Gasteiger partial charge in [0.2, 0.25) is 11.8 Å². The zero-order valence-corrected chi connectivity index (χ0v) is 20.6. The fourth-order valence-corrected chi connectivity index (χ4v) is 7.37. The standard InChI is InChI=1S/C25H22N2O6S2/c1-3-33-17(28)13-26-24-21(35-25(26)31)18(14-7-5-4-6-8-14)19-20(34-24)23(30)27(22(19)29)15-9-11-16(32-2)12-10-15/h4-12,18-20H,3,13H2,1-2H3/t18-,19-,20+/m0/s1. The van der Waals surface area contributed by atoms with Crippen LogP contribution in [0.25, 0.3) is 0 Å². The normalized spacial score (nSPS) is 21.0. The van der Waals surface area contributed by atoms with Crippen molar-refractivity contribution in [2.45, 2.75) is 29.7 Å². The first-order chi connectivity index (χ1) is 16.9. The number of rotatable bonds is 6. The molecule has 8 nitrogen and oxygen atoms in total. The lowest BCUT2D eigenvalue weighted by Gasteiger charge is -2.30. The van der Waals surface area contributed by atoms with E-state index in [0.717, 1.165) is 16.9 Å². The van der Waals surface area contributed by atoms with E-state index >= 15 is 0 Å². The first kappa shape index (κ1) is 23.4. The Balaban J connectivity index is 1.61. The number of carbonyl (C=O) groups excluding carboxylic acids is 3. The summed E-state index contributed by atoms with van der Waals surface area (Å²) < 4.78 is 11.6. The highest BCUT2D eigenvalue weighted by Crippen LogP contribution is 2.53. The van der Waals surface area contributed by atoms with Crippen molar-refractivity contribution >= 4 is 46.6 Å². The summed E-state index contributed by atoms with van der Waals surface area (Å²) >= 11 is 2.19. The van der Waals surface area contributed by atoms with Crippen molar-refractivity contribution < 1.29 is 23.9 Å². The molecule has 2 aliphatic heterocycles. The van der Waals surface area contributed by atoms with Crippen molar-refractivity contribution in [3.8, 4) is 5.75 Å². The molecule has 35 heavy (non-hydrogen) atoms. The Labute approximate surface area is 209 Å². The molecule has 1 saturated heterocycles. The van der Waals surface area contributed by atoms with E-state index in [0.29, 0.717) is 21.3 Å². The van der Waals surface area contributed by atoms with Crippen molar-refractivity contribution in [1.82, 2.24) is 4.57 Å². The molecule has 2 aliphatic rings.